The lowest BCUT2D eigenvalue weighted by Gasteiger charge is -2.34. The van der Waals surface area contributed by atoms with Crippen molar-refractivity contribution in [2.24, 2.45) is 12.0 Å². The summed E-state index contributed by atoms with van der Waals surface area (Å²) in [5.74, 6) is 0.932. The molecule has 3 aromatic rings. The van der Waals surface area contributed by atoms with Crippen LogP contribution in [-0.2, 0) is 18.2 Å². The van der Waals surface area contributed by atoms with Gasteiger partial charge in [-0.25, -0.2) is 4.98 Å². The van der Waals surface area contributed by atoms with Crippen molar-refractivity contribution in [1.82, 2.24) is 25.0 Å². The van der Waals surface area contributed by atoms with Crippen molar-refractivity contribution < 1.29 is 4.74 Å². The zero-order chi connectivity index (χ0) is 19.3. The van der Waals surface area contributed by atoms with Gasteiger partial charge in [-0.2, -0.15) is 5.10 Å². The molecule has 2 aromatic heterocycles. The summed E-state index contributed by atoms with van der Waals surface area (Å²) in [6.45, 7) is 3.18. The number of fused-ring (bicyclic) bond motifs is 1. The first-order valence-corrected chi connectivity index (χ1v) is 10.4. The van der Waals surface area contributed by atoms with Crippen molar-refractivity contribution in [2.45, 2.75) is 18.9 Å². The van der Waals surface area contributed by atoms with E-state index >= 15 is 0 Å². The van der Waals surface area contributed by atoms with Gasteiger partial charge in [0.15, 0.2) is 5.96 Å². The third-order valence-electron chi connectivity index (χ3n) is 4.86. The molecule has 0 spiro atoms. The number of benzene rings is 1. The maximum absolute atomic E-state index is 5.93. The minimum Gasteiger partial charge on any atom is -0.370 e. The highest BCUT2D eigenvalue weighted by Gasteiger charge is 2.25. The summed E-state index contributed by atoms with van der Waals surface area (Å²) in [5, 5.41) is 8.95. The Hall–Kier alpha value is -1.72. The van der Waals surface area contributed by atoms with E-state index in [4.69, 9.17) is 9.72 Å². The van der Waals surface area contributed by atoms with Crippen molar-refractivity contribution in [3.8, 4) is 0 Å². The fraction of sp³-hybridized carbons (Fsp3) is 0.450. The monoisotopic (exact) mass is 526 g/mol. The van der Waals surface area contributed by atoms with Gasteiger partial charge in [-0.15, -0.1) is 35.3 Å². The van der Waals surface area contributed by atoms with Gasteiger partial charge in [0, 0.05) is 45.4 Å². The molecule has 1 aliphatic rings. The lowest BCUT2D eigenvalue weighted by molar-refractivity contribution is -0.00801. The topological polar surface area (TPSA) is 67.6 Å². The second-order valence-electron chi connectivity index (χ2n) is 6.91. The second-order valence-corrected chi connectivity index (χ2v) is 8.02. The summed E-state index contributed by atoms with van der Waals surface area (Å²) >= 11 is 1.79. The molecule has 9 heteroatoms. The predicted molar refractivity (Wildman–Crippen MR) is 128 cm³/mol. The van der Waals surface area contributed by atoms with E-state index in [1.54, 1.807) is 11.3 Å². The quantitative estimate of drug-likeness (QED) is 0.240. The predicted octanol–water partition coefficient (Wildman–Crippen LogP) is 3.23. The number of hydrogen-bond acceptors (Lipinski definition) is 5. The Kier molecular flexibility index (Phi) is 7.84. The summed E-state index contributed by atoms with van der Waals surface area (Å²) < 4.78 is 9.00. The van der Waals surface area contributed by atoms with E-state index in [1.165, 1.54) is 9.71 Å². The van der Waals surface area contributed by atoms with Crippen LogP contribution in [0.1, 0.15) is 23.1 Å². The van der Waals surface area contributed by atoms with Crippen molar-refractivity contribution in [1.29, 1.82) is 0 Å². The molecule has 1 aromatic carbocycles. The first-order valence-electron chi connectivity index (χ1n) is 9.63. The maximum Gasteiger partial charge on any atom is 0.193 e. The van der Waals surface area contributed by atoms with Crippen molar-refractivity contribution in [2.75, 3.05) is 33.3 Å². The van der Waals surface area contributed by atoms with Crippen LogP contribution in [0.15, 0.2) is 41.7 Å². The van der Waals surface area contributed by atoms with Gasteiger partial charge in [0.2, 0.25) is 0 Å². The van der Waals surface area contributed by atoms with Gasteiger partial charge in [-0.05, 0) is 18.6 Å². The highest BCUT2D eigenvalue weighted by molar-refractivity contribution is 14.0. The standard InChI is InChI=1S/C20H26N6OS.HI/c1-21-20(26-10-11-27-17(14-26)15-12-23-25(2)13-15)22-9-5-8-19-24-16-6-3-4-7-18(16)28-19;/h3-4,6-7,12-13,17H,5,8-11,14H2,1-2H3,(H,21,22);1H. The average Bonchev–Trinajstić information content (AvgIpc) is 3.34. The molecule has 3 heterocycles. The largest absolute Gasteiger partial charge is 0.370 e. The normalized spacial score (nSPS) is 17.4. The molecule has 0 aliphatic carbocycles. The number of aromatic nitrogens is 3. The number of para-hydroxylation sites is 1. The van der Waals surface area contributed by atoms with Crippen LogP contribution in [0.25, 0.3) is 10.2 Å². The number of nitrogens with zero attached hydrogens (tertiary/aromatic N) is 5. The number of nitrogens with one attached hydrogen (secondary N) is 1. The third-order valence-corrected chi connectivity index (χ3v) is 5.96. The molecule has 1 atom stereocenters. The third kappa shape index (κ3) is 5.46. The smallest absolute Gasteiger partial charge is 0.193 e. The molecule has 1 saturated heterocycles. The van der Waals surface area contributed by atoms with E-state index in [0.717, 1.165) is 49.5 Å². The number of morpholine rings is 1. The van der Waals surface area contributed by atoms with Crippen molar-refractivity contribution >= 4 is 51.5 Å². The molecule has 0 saturated carbocycles. The van der Waals surface area contributed by atoms with Gasteiger partial charge in [0.05, 0.1) is 34.6 Å². The van der Waals surface area contributed by atoms with E-state index in [-0.39, 0.29) is 30.1 Å². The van der Waals surface area contributed by atoms with Gasteiger partial charge >= 0.3 is 0 Å². The Morgan fingerprint density at radius 3 is 3.00 bits per heavy atom. The first kappa shape index (κ1) is 22.0. The van der Waals surface area contributed by atoms with E-state index < -0.39 is 0 Å². The van der Waals surface area contributed by atoms with Crippen LogP contribution in [0.3, 0.4) is 0 Å². The van der Waals surface area contributed by atoms with Gasteiger partial charge in [-0.3, -0.25) is 9.67 Å². The summed E-state index contributed by atoms with van der Waals surface area (Å²) in [6.07, 6.45) is 5.92. The highest BCUT2D eigenvalue weighted by Crippen LogP contribution is 2.23. The molecule has 1 unspecified atom stereocenters. The molecule has 0 amide bonds. The fourth-order valence-corrected chi connectivity index (χ4v) is 4.46. The summed E-state index contributed by atoms with van der Waals surface area (Å²) in [5.41, 5.74) is 2.21. The van der Waals surface area contributed by atoms with Crippen molar-refractivity contribution in [3.63, 3.8) is 0 Å². The minimum atomic E-state index is 0. The summed E-state index contributed by atoms with van der Waals surface area (Å²) in [6, 6.07) is 8.32. The number of ether oxygens (including phenoxy) is 1. The number of hydrogen-bond donors (Lipinski definition) is 1. The summed E-state index contributed by atoms with van der Waals surface area (Å²) in [4.78, 5) is 11.4. The van der Waals surface area contributed by atoms with Crippen molar-refractivity contribution in [3.05, 3.63) is 47.2 Å². The first-order chi connectivity index (χ1) is 13.7. The van der Waals surface area contributed by atoms with Gasteiger partial charge in [0.1, 0.15) is 6.10 Å². The highest BCUT2D eigenvalue weighted by atomic mass is 127. The van der Waals surface area contributed by atoms with Gasteiger partial charge in [0.25, 0.3) is 0 Å². The van der Waals surface area contributed by atoms with Crippen LogP contribution in [0.2, 0.25) is 0 Å². The Morgan fingerprint density at radius 1 is 1.38 bits per heavy atom. The van der Waals surface area contributed by atoms with Crippen LogP contribution >= 0.6 is 35.3 Å². The van der Waals surface area contributed by atoms with Crippen LogP contribution in [0, 0.1) is 0 Å². The molecule has 0 bridgehead atoms. The molecule has 4 rings (SSSR count). The van der Waals surface area contributed by atoms with Crippen LogP contribution < -0.4 is 5.32 Å². The van der Waals surface area contributed by atoms with Crippen LogP contribution in [0.5, 0.6) is 0 Å². The molecule has 29 heavy (non-hydrogen) atoms. The number of halogens is 1. The SMILES string of the molecule is CN=C(NCCCc1nc2ccccc2s1)N1CCOC(c2cnn(C)c2)C1.I. The van der Waals surface area contributed by atoms with Crippen LogP contribution in [-0.4, -0.2) is 58.9 Å². The molecule has 1 fully saturated rings. The molecule has 156 valence electrons. The number of aryl methyl sites for hydroxylation is 2. The Balaban J connectivity index is 0.00000240. The number of thiazole rings is 1. The lowest BCUT2D eigenvalue weighted by atomic mass is 10.1. The molecular formula is C20H27IN6OS. The number of aliphatic imine (C=N–C) groups is 1. The Labute approximate surface area is 192 Å². The molecule has 1 aliphatic heterocycles. The lowest BCUT2D eigenvalue weighted by Crippen LogP contribution is -2.48. The Bertz CT molecular complexity index is 922. The number of guanidine groups is 1. The van der Waals surface area contributed by atoms with E-state index in [2.05, 4.69) is 38.5 Å². The number of rotatable bonds is 5. The van der Waals surface area contributed by atoms with E-state index in [1.807, 2.05) is 37.2 Å². The second kappa shape index (κ2) is 10.4. The molecule has 7 nitrogen and oxygen atoms in total. The fourth-order valence-electron chi connectivity index (χ4n) is 3.45. The van der Waals surface area contributed by atoms with Gasteiger partial charge in [-0.1, -0.05) is 12.1 Å². The zero-order valence-electron chi connectivity index (χ0n) is 16.7. The molecule has 0 radical (unpaired) electrons. The summed E-state index contributed by atoms with van der Waals surface area (Å²) in [7, 11) is 3.76. The average molecular weight is 526 g/mol. The molecular weight excluding hydrogens is 499 g/mol. The van der Waals surface area contributed by atoms with Gasteiger partial charge < -0.3 is 15.0 Å². The minimum absolute atomic E-state index is 0. The van der Waals surface area contributed by atoms with E-state index in [9.17, 15) is 0 Å². The molecule has 1 N–H and O–H groups in total. The van der Waals surface area contributed by atoms with E-state index in [0.29, 0.717) is 6.61 Å². The maximum atomic E-state index is 5.93. The zero-order valence-corrected chi connectivity index (χ0v) is 19.9. The Morgan fingerprint density at radius 2 is 2.24 bits per heavy atom. The van der Waals surface area contributed by atoms with Crippen LogP contribution in [0.4, 0.5) is 0 Å².